The lowest BCUT2D eigenvalue weighted by Gasteiger charge is -2.43. The zero-order chi connectivity index (χ0) is 23.9. The molecule has 0 unspecified atom stereocenters. The van der Waals surface area contributed by atoms with Crippen LogP contribution in [0, 0.1) is 0 Å². The van der Waals surface area contributed by atoms with E-state index in [1.807, 2.05) is 17.8 Å². The maximum absolute atomic E-state index is 13.5. The molecule has 3 aliphatic heterocycles. The van der Waals surface area contributed by atoms with Crippen LogP contribution in [0.15, 0.2) is 41.6 Å². The second-order valence-corrected chi connectivity index (χ2v) is 11.4. The highest BCUT2D eigenvalue weighted by Gasteiger charge is 2.47. The number of carbonyl (C=O) groups excluding carboxylic acids is 1. The van der Waals surface area contributed by atoms with E-state index in [1.54, 1.807) is 24.4 Å². The maximum atomic E-state index is 13.5. The van der Waals surface area contributed by atoms with E-state index in [2.05, 4.69) is 15.2 Å². The van der Waals surface area contributed by atoms with Gasteiger partial charge >= 0.3 is 0 Å². The van der Waals surface area contributed by atoms with Crippen molar-refractivity contribution in [1.82, 2.24) is 24.1 Å². The number of amides is 1. The number of hydrogen-bond donors (Lipinski definition) is 2. The smallest absolute Gasteiger partial charge is 0.247 e. The molecule has 0 aliphatic carbocycles. The summed E-state index contributed by atoms with van der Waals surface area (Å²) < 4.78 is 36.0. The van der Waals surface area contributed by atoms with Crippen molar-refractivity contribution in [1.29, 1.82) is 0 Å². The molecule has 2 fully saturated rings. The third-order valence-corrected chi connectivity index (χ3v) is 9.21. The van der Waals surface area contributed by atoms with E-state index < -0.39 is 27.7 Å². The van der Waals surface area contributed by atoms with E-state index in [1.165, 1.54) is 6.07 Å². The lowest BCUT2D eigenvalue weighted by atomic mass is 9.84. The summed E-state index contributed by atoms with van der Waals surface area (Å²) in [5, 5.41) is 13.5. The lowest BCUT2D eigenvalue weighted by Crippen LogP contribution is -2.59. The molecule has 1 aromatic heterocycles. The predicted octanol–water partition coefficient (Wildman–Crippen LogP) is 0.478. The number of rotatable bonds is 2. The lowest BCUT2D eigenvalue weighted by molar-refractivity contribution is -0.127. The van der Waals surface area contributed by atoms with Gasteiger partial charge in [0.05, 0.1) is 19.3 Å². The third kappa shape index (κ3) is 4.33. The van der Waals surface area contributed by atoms with Gasteiger partial charge < -0.3 is 19.7 Å². The van der Waals surface area contributed by atoms with Gasteiger partial charge in [-0.05, 0) is 25.0 Å². The summed E-state index contributed by atoms with van der Waals surface area (Å²) in [6, 6.07) is 5.56. The van der Waals surface area contributed by atoms with Crippen LogP contribution in [-0.4, -0.2) is 82.1 Å². The van der Waals surface area contributed by atoms with E-state index in [4.69, 9.17) is 4.74 Å². The molecule has 184 valence electrons. The number of imidazole rings is 1. The number of para-hydroxylation sites is 1. The summed E-state index contributed by atoms with van der Waals surface area (Å²) in [6.45, 7) is 2.47. The van der Waals surface area contributed by atoms with Crippen molar-refractivity contribution in [3.05, 3.63) is 42.5 Å². The Morgan fingerprint density at radius 3 is 2.74 bits per heavy atom. The molecule has 3 aliphatic rings. The molecule has 2 aromatic rings. The minimum atomic E-state index is -4.02. The fraction of sp³-hybridized carbons (Fsp3) is 0.565. The first-order valence-electron chi connectivity index (χ1n) is 11.7. The number of fused-ring (bicyclic) bond motifs is 2. The number of aryl methyl sites for hydroxylation is 1. The average Bonchev–Trinajstić information content (AvgIpc) is 3.41. The standard InChI is InChI=1S/C23H31N5O5S/c1-26-12-9-24-21(26)16-27-10-6-23(7-11-27)8-13-33-19-4-2-3-5-20(19)34(31,32)28-15-17(29)14-18(28)22(30)25-23/h2-5,9,12,17-18,29H,6-8,10-11,13-16H2,1H3,(H,25,30)/t17-,18+/m1/s1. The van der Waals surface area contributed by atoms with Crippen LogP contribution in [0.25, 0.3) is 0 Å². The van der Waals surface area contributed by atoms with Crippen molar-refractivity contribution in [2.45, 2.75) is 54.8 Å². The number of carbonyl (C=O) groups is 1. The van der Waals surface area contributed by atoms with Crippen LogP contribution in [0.4, 0.5) is 0 Å². The van der Waals surface area contributed by atoms with Gasteiger partial charge in [-0.3, -0.25) is 9.69 Å². The first-order chi connectivity index (χ1) is 16.3. The summed E-state index contributed by atoms with van der Waals surface area (Å²) in [5.74, 6) is 0.916. The van der Waals surface area contributed by atoms with E-state index >= 15 is 0 Å². The summed E-state index contributed by atoms with van der Waals surface area (Å²) in [5.41, 5.74) is -0.503. The molecular weight excluding hydrogens is 458 g/mol. The second-order valence-electron chi connectivity index (χ2n) is 9.53. The summed E-state index contributed by atoms with van der Waals surface area (Å²) >= 11 is 0. The maximum Gasteiger partial charge on any atom is 0.247 e. The minimum absolute atomic E-state index is 0.0303. The van der Waals surface area contributed by atoms with Gasteiger partial charge in [0.1, 0.15) is 22.5 Å². The number of aliphatic hydroxyl groups excluding tert-OH is 1. The molecule has 11 heteroatoms. The predicted molar refractivity (Wildman–Crippen MR) is 123 cm³/mol. The quantitative estimate of drug-likeness (QED) is 0.630. The fourth-order valence-corrected chi connectivity index (χ4v) is 6.99. The first-order valence-corrected chi connectivity index (χ1v) is 13.1. The molecule has 0 radical (unpaired) electrons. The molecule has 1 amide bonds. The van der Waals surface area contributed by atoms with Crippen molar-refractivity contribution in [3.63, 3.8) is 0 Å². The fourth-order valence-electron chi connectivity index (χ4n) is 5.22. The number of piperidine rings is 1. The number of nitrogens with zero attached hydrogens (tertiary/aromatic N) is 4. The van der Waals surface area contributed by atoms with E-state index in [0.717, 1.165) is 42.6 Å². The molecular formula is C23H31N5O5S. The largest absolute Gasteiger partial charge is 0.492 e. The summed E-state index contributed by atoms with van der Waals surface area (Å²) in [6.07, 6.45) is 4.91. The Balaban J connectivity index is 1.40. The molecule has 10 nitrogen and oxygen atoms in total. The van der Waals surface area contributed by atoms with Crippen LogP contribution in [0.3, 0.4) is 0 Å². The number of ether oxygens (including phenoxy) is 1. The molecule has 0 saturated carbocycles. The van der Waals surface area contributed by atoms with E-state index in [0.29, 0.717) is 13.0 Å². The normalized spacial score (nSPS) is 27.3. The number of nitrogens with one attached hydrogen (secondary N) is 1. The molecule has 0 bridgehead atoms. The number of hydrogen-bond acceptors (Lipinski definition) is 7. The molecule has 1 aromatic carbocycles. The van der Waals surface area contributed by atoms with Gasteiger partial charge in [0.2, 0.25) is 15.9 Å². The van der Waals surface area contributed by atoms with Crippen molar-refractivity contribution in [2.24, 2.45) is 7.05 Å². The zero-order valence-electron chi connectivity index (χ0n) is 19.3. The van der Waals surface area contributed by atoms with Gasteiger partial charge in [-0.25, -0.2) is 13.4 Å². The first kappa shape index (κ1) is 23.3. The Labute approximate surface area is 199 Å². The van der Waals surface area contributed by atoms with Crippen molar-refractivity contribution in [3.8, 4) is 5.75 Å². The van der Waals surface area contributed by atoms with Gasteiger partial charge in [-0.15, -0.1) is 0 Å². The Hall–Kier alpha value is -2.47. The third-order valence-electron chi connectivity index (χ3n) is 7.30. The average molecular weight is 490 g/mol. The van der Waals surface area contributed by atoms with Crippen LogP contribution >= 0.6 is 0 Å². The van der Waals surface area contributed by atoms with Gasteiger partial charge in [0, 0.05) is 57.5 Å². The summed E-state index contributed by atoms with van der Waals surface area (Å²) in [7, 11) is -2.04. The molecule has 34 heavy (non-hydrogen) atoms. The number of likely N-dealkylation sites (tertiary alicyclic amines) is 1. The van der Waals surface area contributed by atoms with Crippen LogP contribution in [0.2, 0.25) is 0 Å². The van der Waals surface area contributed by atoms with Crippen molar-refractivity contribution >= 4 is 15.9 Å². The second kappa shape index (κ2) is 8.95. The highest BCUT2D eigenvalue weighted by atomic mass is 32.2. The van der Waals surface area contributed by atoms with Crippen LogP contribution < -0.4 is 10.1 Å². The Bertz CT molecular complexity index is 1160. The van der Waals surface area contributed by atoms with Crippen molar-refractivity contribution < 1.29 is 23.1 Å². The molecule has 1 spiro atoms. The molecule has 5 rings (SSSR count). The van der Waals surface area contributed by atoms with Gasteiger partial charge in [-0.1, -0.05) is 12.1 Å². The Morgan fingerprint density at radius 2 is 2.00 bits per heavy atom. The Kier molecular flexibility index (Phi) is 6.13. The molecule has 4 heterocycles. The number of aromatic nitrogens is 2. The highest BCUT2D eigenvalue weighted by Crippen LogP contribution is 2.35. The topological polar surface area (TPSA) is 117 Å². The Morgan fingerprint density at radius 1 is 1.24 bits per heavy atom. The van der Waals surface area contributed by atoms with Gasteiger partial charge in [0.15, 0.2) is 0 Å². The van der Waals surface area contributed by atoms with Gasteiger partial charge in [-0.2, -0.15) is 4.31 Å². The number of benzene rings is 1. The molecule has 2 atom stereocenters. The highest BCUT2D eigenvalue weighted by molar-refractivity contribution is 7.89. The van der Waals surface area contributed by atoms with Crippen molar-refractivity contribution in [2.75, 3.05) is 26.2 Å². The zero-order valence-corrected chi connectivity index (χ0v) is 20.1. The minimum Gasteiger partial charge on any atom is -0.492 e. The van der Waals surface area contributed by atoms with E-state index in [-0.39, 0.29) is 29.5 Å². The monoisotopic (exact) mass is 489 g/mol. The summed E-state index contributed by atoms with van der Waals surface area (Å²) in [4.78, 5) is 20.2. The van der Waals surface area contributed by atoms with Crippen LogP contribution in [0.1, 0.15) is 31.5 Å². The van der Waals surface area contributed by atoms with Gasteiger partial charge in [0.25, 0.3) is 0 Å². The van der Waals surface area contributed by atoms with Crippen LogP contribution in [0.5, 0.6) is 5.75 Å². The molecule has 2 saturated heterocycles. The molecule has 2 N–H and O–H groups in total. The number of aliphatic hydroxyl groups is 1. The van der Waals surface area contributed by atoms with Crippen LogP contribution in [-0.2, 0) is 28.4 Å². The number of sulfonamides is 1. The SMILES string of the molecule is Cn1ccnc1CN1CCC2(CCOc3ccccc3S(=O)(=O)N3C[C@H](O)C[C@H]3C(=O)N2)CC1. The van der Waals surface area contributed by atoms with E-state index in [9.17, 15) is 18.3 Å².